The molecule has 0 aliphatic rings. The van der Waals surface area contributed by atoms with Crippen molar-refractivity contribution in [3.63, 3.8) is 0 Å². The second kappa shape index (κ2) is 8.79. The Kier molecular flexibility index (Phi) is 7.39. The van der Waals surface area contributed by atoms with E-state index in [1.807, 2.05) is 52.0 Å². The SMILES string of the molecule is CCCC(C)(OCC)C(=O)Nc1ccc(OC(C)CC)cc1. The van der Waals surface area contributed by atoms with Crippen LogP contribution in [-0.4, -0.2) is 24.2 Å². The smallest absolute Gasteiger partial charge is 0.256 e. The lowest BCUT2D eigenvalue weighted by atomic mass is 9.99. The van der Waals surface area contributed by atoms with Crippen LogP contribution in [-0.2, 0) is 9.53 Å². The zero-order valence-electron chi connectivity index (χ0n) is 14.4. The molecule has 0 heterocycles. The van der Waals surface area contributed by atoms with Gasteiger partial charge in [-0.15, -0.1) is 0 Å². The summed E-state index contributed by atoms with van der Waals surface area (Å²) in [6.07, 6.45) is 2.74. The van der Waals surface area contributed by atoms with E-state index in [9.17, 15) is 4.79 Å². The molecule has 1 aromatic carbocycles. The van der Waals surface area contributed by atoms with E-state index in [0.29, 0.717) is 13.0 Å². The van der Waals surface area contributed by atoms with Crippen LogP contribution in [0, 0.1) is 0 Å². The van der Waals surface area contributed by atoms with Crippen molar-refractivity contribution in [2.45, 2.75) is 65.6 Å². The maximum atomic E-state index is 12.5. The van der Waals surface area contributed by atoms with E-state index in [0.717, 1.165) is 24.3 Å². The summed E-state index contributed by atoms with van der Waals surface area (Å²) in [5.41, 5.74) is -0.0291. The largest absolute Gasteiger partial charge is 0.491 e. The maximum absolute atomic E-state index is 12.5. The Bertz CT molecular complexity index is 450. The molecule has 0 aliphatic heterocycles. The first-order valence-electron chi connectivity index (χ1n) is 8.17. The number of carbonyl (C=O) groups is 1. The molecule has 1 amide bonds. The molecule has 4 heteroatoms. The molecule has 22 heavy (non-hydrogen) atoms. The molecule has 2 atom stereocenters. The van der Waals surface area contributed by atoms with Crippen molar-refractivity contribution in [3.05, 3.63) is 24.3 Å². The highest BCUT2D eigenvalue weighted by Crippen LogP contribution is 2.22. The van der Waals surface area contributed by atoms with Crippen molar-refractivity contribution in [1.29, 1.82) is 0 Å². The van der Waals surface area contributed by atoms with Crippen molar-refractivity contribution in [2.24, 2.45) is 0 Å². The number of anilines is 1. The van der Waals surface area contributed by atoms with Crippen molar-refractivity contribution in [1.82, 2.24) is 0 Å². The average molecular weight is 307 g/mol. The van der Waals surface area contributed by atoms with Crippen LogP contribution in [0.25, 0.3) is 0 Å². The van der Waals surface area contributed by atoms with Gasteiger partial charge in [-0.3, -0.25) is 4.79 Å². The minimum absolute atomic E-state index is 0.105. The number of carbonyl (C=O) groups excluding carboxylic acids is 1. The number of hydrogen-bond donors (Lipinski definition) is 1. The fourth-order valence-electron chi connectivity index (χ4n) is 2.24. The molecule has 0 saturated heterocycles. The van der Waals surface area contributed by atoms with E-state index in [-0.39, 0.29) is 12.0 Å². The molecule has 0 saturated carbocycles. The molecule has 4 nitrogen and oxygen atoms in total. The lowest BCUT2D eigenvalue weighted by Crippen LogP contribution is -2.42. The molecule has 0 spiro atoms. The summed E-state index contributed by atoms with van der Waals surface area (Å²) < 4.78 is 11.4. The maximum Gasteiger partial charge on any atom is 0.256 e. The van der Waals surface area contributed by atoms with Crippen LogP contribution in [0.15, 0.2) is 24.3 Å². The van der Waals surface area contributed by atoms with Gasteiger partial charge in [0, 0.05) is 12.3 Å². The molecular weight excluding hydrogens is 278 g/mol. The first kappa shape index (κ1) is 18.5. The van der Waals surface area contributed by atoms with Gasteiger partial charge in [0.2, 0.25) is 0 Å². The van der Waals surface area contributed by atoms with Gasteiger partial charge in [0.25, 0.3) is 5.91 Å². The Morgan fingerprint density at radius 3 is 2.36 bits per heavy atom. The molecule has 1 rings (SSSR count). The van der Waals surface area contributed by atoms with Crippen LogP contribution < -0.4 is 10.1 Å². The number of nitrogens with one attached hydrogen (secondary N) is 1. The molecule has 2 unspecified atom stereocenters. The number of amides is 1. The van der Waals surface area contributed by atoms with Gasteiger partial charge in [0.1, 0.15) is 11.4 Å². The number of ether oxygens (including phenoxy) is 2. The monoisotopic (exact) mass is 307 g/mol. The topological polar surface area (TPSA) is 47.6 Å². The summed E-state index contributed by atoms with van der Waals surface area (Å²) in [4.78, 5) is 12.5. The van der Waals surface area contributed by atoms with Gasteiger partial charge < -0.3 is 14.8 Å². The van der Waals surface area contributed by atoms with Gasteiger partial charge in [-0.25, -0.2) is 0 Å². The number of hydrogen-bond acceptors (Lipinski definition) is 3. The van der Waals surface area contributed by atoms with Crippen LogP contribution in [0.1, 0.15) is 53.9 Å². The molecular formula is C18H29NO3. The normalized spacial score (nSPS) is 15.0. The number of rotatable bonds is 9. The lowest BCUT2D eigenvalue weighted by molar-refractivity contribution is -0.139. The van der Waals surface area contributed by atoms with E-state index < -0.39 is 5.60 Å². The van der Waals surface area contributed by atoms with Crippen LogP contribution in [0.5, 0.6) is 5.75 Å². The third-order valence-electron chi connectivity index (χ3n) is 3.69. The van der Waals surface area contributed by atoms with Crippen LogP contribution >= 0.6 is 0 Å². The fraction of sp³-hybridized carbons (Fsp3) is 0.611. The van der Waals surface area contributed by atoms with E-state index in [4.69, 9.17) is 9.47 Å². The Morgan fingerprint density at radius 1 is 1.23 bits per heavy atom. The fourth-order valence-corrected chi connectivity index (χ4v) is 2.24. The van der Waals surface area contributed by atoms with Gasteiger partial charge in [-0.2, -0.15) is 0 Å². The summed E-state index contributed by atoms with van der Waals surface area (Å²) in [5, 5.41) is 2.93. The third kappa shape index (κ3) is 5.34. The average Bonchev–Trinajstić information content (AvgIpc) is 2.49. The second-order valence-corrected chi connectivity index (χ2v) is 5.73. The van der Waals surface area contributed by atoms with Gasteiger partial charge in [-0.1, -0.05) is 20.3 Å². The zero-order valence-corrected chi connectivity index (χ0v) is 14.4. The van der Waals surface area contributed by atoms with E-state index in [1.165, 1.54) is 0 Å². The highest BCUT2D eigenvalue weighted by atomic mass is 16.5. The lowest BCUT2D eigenvalue weighted by Gasteiger charge is -2.27. The van der Waals surface area contributed by atoms with Gasteiger partial charge in [0.05, 0.1) is 6.10 Å². The molecule has 1 N–H and O–H groups in total. The van der Waals surface area contributed by atoms with Crippen molar-refractivity contribution >= 4 is 11.6 Å². The van der Waals surface area contributed by atoms with Crippen LogP contribution in [0.2, 0.25) is 0 Å². The third-order valence-corrected chi connectivity index (χ3v) is 3.69. The molecule has 1 aromatic rings. The molecule has 0 bridgehead atoms. The minimum Gasteiger partial charge on any atom is -0.491 e. The van der Waals surface area contributed by atoms with Gasteiger partial charge in [0.15, 0.2) is 0 Å². The van der Waals surface area contributed by atoms with Crippen molar-refractivity contribution in [2.75, 3.05) is 11.9 Å². The first-order chi connectivity index (χ1) is 10.4. The molecule has 0 fully saturated rings. The Balaban J connectivity index is 2.71. The summed E-state index contributed by atoms with van der Waals surface area (Å²) in [6.45, 7) is 10.4. The van der Waals surface area contributed by atoms with Gasteiger partial charge >= 0.3 is 0 Å². The van der Waals surface area contributed by atoms with Crippen LogP contribution in [0.4, 0.5) is 5.69 Å². The van der Waals surface area contributed by atoms with Crippen molar-refractivity contribution in [3.8, 4) is 5.75 Å². The predicted octanol–water partition coefficient (Wildman–Crippen LogP) is 4.40. The molecule has 0 aromatic heterocycles. The summed E-state index contributed by atoms with van der Waals surface area (Å²) in [5.74, 6) is 0.709. The summed E-state index contributed by atoms with van der Waals surface area (Å²) in [6, 6.07) is 7.46. The Morgan fingerprint density at radius 2 is 1.86 bits per heavy atom. The molecule has 124 valence electrons. The Labute approximate surface area is 134 Å². The predicted molar refractivity (Wildman–Crippen MR) is 90.4 cm³/mol. The van der Waals surface area contributed by atoms with E-state index >= 15 is 0 Å². The highest BCUT2D eigenvalue weighted by molar-refractivity contribution is 5.97. The van der Waals surface area contributed by atoms with Crippen LogP contribution in [0.3, 0.4) is 0 Å². The highest BCUT2D eigenvalue weighted by Gasteiger charge is 2.32. The first-order valence-corrected chi connectivity index (χ1v) is 8.17. The number of benzene rings is 1. The zero-order chi connectivity index (χ0) is 16.6. The molecule has 0 aliphatic carbocycles. The van der Waals surface area contributed by atoms with Gasteiger partial charge in [-0.05, 0) is 57.9 Å². The summed E-state index contributed by atoms with van der Waals surface area (Å²) >= 11 is 0. The minimum atomic E-state index is -0.782. The summed E-state index contributed by atoms with van der Waals surface area (Å²) in [7, 11) is 0. The van der Waals surface area contributed by atoms with E-state index in [1.54, 1.807) is 0 Å². The second-order valence-electron chi connectivity index (χ2n) is 5.73. The van der Waals surface area contributed by atoms with E-state index in [2.05, 4.69) is 12.2 Å². The van der Waals surface area contributed by atoms with Crippen molar-refractivity contribution < 1.29 is 14.3 Å². The quantitative estimate of drug-likeness (QED) is 0.735. The standard InChI is InChI=1S/C18H29NO3/c1-6-13-18(5,21-8-3)17(20)19-15-9-11-16(12-10-15)22-14(4)7-2/h9-12,14H,6-8,13H2,1-5H3,(H,19,20). The molecule has 0 radical (unpaired) electrons. The Hall–Kier alpha value is -1.55.